The predicted octanol–water partition coefficient (Wildman–Crippen LogP) is 3.36. The van der Waals surface area contributed by atoms with Crippen molar-refractivity contribution in [3.8, 4) is 22.4 Å². The number of hydrogen-bond donors (Lipinski definition) is 1. The van der Waals surface area contributed by atoms with E-state index in [2.05, 4.69) is 15.4 Å². The topological polar surface area (TPSA) is 92.8 Å². The van der Waals surface area contributed by atoms with Crippen molar-refractivity contribution in [3.63, 3.8) is 0 Å². The summed E-state index contributed by atoms with van der Waals surface area (Å²) in [4.78, 5) is 16.2. The highest BCUT2D eigenvalue weighted by Crippen LogP contribution is 2.24. The fraction of sp³-hybridized carbons (Fsp3) is 0.222. The molecule has 2 aromatic heterocycles. The molecule has 0 aliphatic rings. The second-order valence-electron chi connectivity index (χ2n) is 5.79. The number of halogens is 1. The zero-order chi connectivity index (χ0) is 19.4. The SMILES string of the molecule is COc1cnc(C(=O)NC(C)Cn2ccc(-c3ccc(C#N)c(Cl)c3)n2)s1. The van der Waals surface area contributed by atoms with Crippen LogP contribution in [0.15, 0.2) is 36.7 Å². The molecular formula is C18H16ClN5O2S. The van der Waals surface area contributed by atoms with Gasteiger partial charge < -0.3 is 10.1 Å². The molecule has 1 N–H and O–H groups in total. The predicted molar refractivity (Wildman–Crippen MR) is 103 cm³/mol. The molecule has 1 atom stereocenters. The van der Waals surface area contributed by atoms with E-state index in [1.54, 1.807) is 22.9 Å². The number of carbonyl (C=O) groups excluding carboxylic acids is 1. The van der Waals surface area contributed by atoms with Crippen LogP contribution in [0.3, 0.4) is 0 Å². The third-order valence-electron chi connectivity index (χ3n) is 3.74. The molecule has 7 nitrogen and oxygen atoms in total. The Labute approximate surface area is 165 Å². The van der Waals surface area contributed by atoms with Crippen molar-refractivity contribution in [3.05, 3.63) is 52.3 Å². The van der Waals surface area contributed by atoms with Crippen molar-refractivity contribution in [1.82, 2.24) is 20.1 Å². The van der Waals surface area contributed by atoms with Gasteiger partial charge in [-0.2, -0.15) is 10.4 Å². The van der Waals surface area contributed by atoms with Crippen LogP contribution in [0.5, 0.6) is 5.06 Å². The van der Waals surface area contributed by atoms with Gasteiger partial charge in [0.25, 0.3) is 5.91 Å². The van der Waals surface area contributed by atoms with Gasteiger partial charge in [-0.25, -0.2) is 4.98 Å². The molecule has 3 aromatic rings. The number of ether oxygens (including phenoxy) is 1. The lowest BCUT2D eigenvalue weighted by atomic mass is 10.1. The summed E-state index contributed by atoms with van der Waals surface area (Å²) in [5.41, 5.74) is 1.99. The van der Waals surface area contributed by atoms with Crippen LogP contribution in [-0.2, 0) is 6.54 Å². The van der Waals surface area contributed by atoms with Crippen molar-refractivity contribution >= 4 is 28.8 Å². The molecule has 138 valence electrons. The van der Waals surface area contributed by atoms with E-state index in [0.29, 0.717) is 27.2 Å². The summed E-state index contributed by atoms with van der Waals surface area (Å²) in [6, 6.07) is 8.93. The fourth-order valence-corrected chi connectivity index (χ4v) is 3.31. The van der Waals surface area contributed by atoms with Gasteiger partial charge in [0.2, 0.25) is 0 Å². The smallest absolute Gasteiger partial charge is 0.280 e. The standard InChI is InChI=1S/C18H16ClN5O2S/c1-11(22-17(25)18-21-9-16(26-2)27-18)10-24-6-5-15(23-24)12-3-4-13(8-20)14(19)7-12/h3-7,9,11H,10H2,1-2H3,(H,22,25). The second kappa shape index (κ2) is 8.20. The van der Waals surface area contributed by atoms with Crippen LogP contribution in [0, 0.1) is 11.3 Å². The van der Waals surface area contributed by atoms with E-state index in [1.807, 2.05) is 25.3 Å². The van der Waals surface area contributed by atoms with Crippen molar-refractivity contribution in [2.75, 3.05) is 7.11 Å². The second-order valence-corrected chi connectivity index (χ2v) is 7.19. The summed E-state index contributed by atoms with van der Waals surface area (Å²) in [5, 5.41) is 17.7. The van der Waals surface area contributed by atoms with Crippen molar-refractivity contribution < 1.29 is 9.53 Å². The molecule has 0 radical (unpaired) electrons. The van der Waals surface area contributed by atoms with E-state index in [-0.39, 0.29) is 11.9 Å². The van der Waals surface area contributed by atoms with E-state index in [0.717, 1.165) is 11.3 Å². The Morgan fingerprint density at radius 2 is 2.30 bits per heavy atom. The molecule has 0 aliphatic heterocycles. The van der Waals surface area contributed by atoms with E-state index in [4.69, 9.17) is 21.6 Å². The number of aromatic nitrogens is 3. The highest BCUT2D eigenvalue weighted by molar-refractivity contribution is 7.15. The van der Waals surface area contributed by atoms with Gasteiger partial charge in [0.15, 0.2) is 10.1 Å². The number of thiazole rings is 1. The molecule has 0 bridgehead atoms. The summed E-state index contributed by atoms with van der Waals surface area (Å²) >= 11 is 7.27. The first-order valence-electron chi connectivity index (χ1n) is 8.04. The Bertz CT molecular complexity index is 1010. The first-order valence-corrected chi connectivity index (χ1v) is 9.23. The summed E-state index contributed by atoms with van der Waals surface area (Å²) in [6.45, 7) is 2.39. The molecule has 0 aliphatic carbocycles. The number of hydrogen-bond acceptors (Lipinski definition) is 6. The highest BCUT2D eigenvalue weighted by Gasteiger charge is 2.15. The van der Waals surface area contributed by atoms with E-state index in [9.17, 15) is 4.79 Å². The minimum atomic E-state index is -0.248. The Morgan fingerprint density at radius 3 is 2.96 bits per heavy atom. The number of nitrogens with one attached hydrogen (secondary N) is 1. The van der Waals surface area contributed by atoms with Gasteiger partial charge in [-0.05, 0) is 25.1 Å². The Hall–Kier alpha value is -2.89. The van der Waals surface area contributed by atoms with Crippen molar-refractivity contribution in [1.29, 1.82) is 5.26 Å². The van der Waals surface area contributed by atoms with Crippen LogP contribution in [-0.4, -0.2) is 33.8 Å². The van der Waals surface area contributed by atoms with Gasteiger partial charge in [0, 0.05) is 17.8 Å². The Balaban J connectivity index is 1.64. The molecule has 9 heteroatoms. The summed E-state index contributed by atoms with van der Waals surface area (Å²) in [5.74, 6) is -0.248. The van der Waals surface area contributed by atoms with Crippen LogP contribution in [0.1, 0.15) is 22.3 Å². The molecule has 0 fully saturated rings. The third kappa shape index (κ3) is 4.45. The van der Waals surface area contributed by atoms with Crippen LogP contribution in [0.25, 0.3) is 11.3 Å². The minimum Gasteiger partial charge on any atom is -0.486 e. The molecule has 2 heterocycles. The number of nitriles is 1. The third-order valence-corrected chi connectivity index (χ3v) is 5.01. The molecule has 1 aromatic carbocycles. The first kappa shape index (κ1) is 18.9. The monoisotopic (exact) mass is 401 g/mol. The summed E-state index contributed by atoms with van der Waals surface area (Å²) in [7, 11) is 1.54. The summed E-state index contributed by atoms with van der Waals surface area (Å²) in [6.07, 6.45) is 3.35. The molecule has 27 heavy (non-hydrogen) atoms. The van der Waals surface area contributed by atoms with E-state index in [1.165, 1.54) is 24.6 Å². The number of amides is 1. The van der Waals surface area contributed by atoms with Gasteiger partial charge in [-0.3, -0.25) is 9.48 Å². The maximum atomic E-state index is 12.2. The molecule has 0 saturated heterocycles. The van der Waals surface area contributed by atoms with Crippen LogP contribution < -0.4 is 10.1 Å². The number of carbonyl (C=O) groups is 1. The van der Waals surface area contributed by atoms with Crippen molar-refractivity contribution in [2.24, 2.45) is 0 Å². The number of methoxy groups -OCH3 is 1. The van der Waals surface area contributed by atoms with Crippen LogP contribution in [0.2, 0.25) is 5.02 Å². The normalized spacial score (nSPS) is 11.6. The highest BCUT2D eigenvalue weighted by atomic mass is 35.5. The lowest BCUT2D eigenvalue weighted by Crippen LogP contribution is -2.35. The number of rotatable bonds is 6. The van der Waals surface area contributed by atoms with Crippen molar-refractivity contribution in [2.45, 2.75) is 19.5 Å². The van der Waals surface area contributed by atoms with Gasteiger partial charge in [-0.1, -0.05) is 29.0 Å². The molecule has 1 amide bonds. The average molecular weight is 402 g/mol. The first-order chi connectivity index (χ1) is 13.0. The lowest BCUT2D eigenvalue weighted by Gasteiger charge is -2.12. The average Bonchev–Trinajstić information content (AvgIpc) is 3.30. The van der Waals surface area contributed by atoms with E-state index >= 15 is 0 Å². The maximum Gasteiger partial charge on any atom is 0.280 e. The maximum absolute atomic E-state index is 12.2. The minimum absolute atomic E-state index is 0.148. The molecule has 0 saturated carbocycles. The quantitative estimate of drug-likeness (QED) is 0.683. The number of nitrogens with zero attached hydrogens (tertiary/aromatic N) is 4. The molecular weight excluding hydrogens is 386 g/mol. The van der Waals surface area contributed by atoms with Gasteiger partial charge in [-0.15, -0.1) is 0 Å². The zero-order valence-corrected chi connectivity index (χ0v) is 16.2. The molecule has 1 unspecified atom stereocenters. The van der Waals surface area contributed by atoms with Crippen LogP contribution in [0.4, 0.5) is 0 Å². The number of benzene rings is 1. The van der Waals surface area contributed by atoms with E-state index < -0.39 is 0 Å². The molecule has 3 rings (SSSR count). The van der Waals surface area contributed by atoms with Gasteiger partial charge in [0.05, 0.1) is 36.1 Å². The lowest BCUT2D eigenvalue weighted by molar-refractivity contribution is 0.0935. The Kier molecular flexibility index (Phi) is 5.74. The summed E-state index contributed by atoms with van der Waals surface area (Å²) < 4.78 is 6.79. The van der Waals surface area contributed by atoms with Gasteiger partial charge >= 0.3 is 0 Å². The fourth-order valence-electron chi connectivity index (χ4n) is 2.45. The molecule has 0 spiro atoms. The van der Waals surface area contributed by atoms with Gasteiger partial charge in [0.1, 0.15) is 6.07 Å². The Morgan fingerprint density at radius 1 is 1.48 bits per heavy atom. The largest absolute Gasteiger partial charge is 0.486 e. The van der Waals surface area contributed by atoms with Crippen LogP contribution >= 0.6 is 22.9 Å². The zero-order valence-electron chi connectivity index (χ0n) is 14.6.